The van der Waals surface area contributed by atoms with Crippen LogP contribution in [0.5, 0.6) is 11.5 Å². The van der Waals surface area contributed by atoms with Gasteiger partial charge in [-0.25, -0.2) is 0 Å². The van der Waals surface area contributed by atoms with E-state index in [9.17, 15) is 0 Å². The van der Waals surface area contributed by atoms with Crippen molar-refractivity contribution in [2.45, 2.75) is 13.8 Å². The van der Waals surface area contributed by atoms with Gasteiger partial charge in [-0.2, -0.15) is 0 Å². The molecule has 2 heteroatoms. The molecular formula is C12H10O2. The summed E-state index contributed by atoms with van der Waals surface area (Å²) in [4.78, 5) is 0. The zero-order chi connectivity index (χ0) is 13.7. The van der Waals surface area contributed by atoms with Crippen molar-refractivity contribution >= 4 is 0 Å². The second-order valence-corrected chi connectivity index (χ2v) is 2.91. The number of phenolic OH excluding ortho intramolecular Hbond substituents is 2. The highest BCUT2D eigenvalue weighted by Gasteiger charge is 2.16. The van der Waals surface area contributed by atoms with Crippen LogP contribution in [0.2, 0.25) is 0 Å². The van der Waals surface area contributed by atoms with E-state index in [-0.39, 0.29) is 22.6 Å². The molecule has 1 aromatic rings. The number of hydrogen-bond acceptors (Lipinski definition) is 2. The first-order valence-corrected chi connectivity index (χ1v) is 3.91. The van der Waals surface area contributed by atoms with Crippen molar-refractivity contribution in [3.05, 3.63) is 22.3 Å². The molecule has 0 aromatic heterocycles. The summed E-state index contributed by atoms with van der Waals surface area (Å²) in [5.41, 5.74) is 1.54. The summed E-state index contributed by atoms with van der Waals surface area (Å²) >= 11 is 0. The fraction of sp³-hybridized carbons (Fsp3) is 0.167. The Morgan fingerprint density at radius 1 is 1.07 bits per heavy atom. The Hall–Kier alpha value is -2.06. The van der Waals surface area contributed by atoms with E-state index in [4.69, 9.17) is 5.60 Å². The van der Waals surface area contributed by atoms with Crippen molar-refractivity contribution in [3.63, 3.8) is 0 Å². The largest absolute Gasteiger partial charge is 0.506 e. The summed E-state index contributed by atoms with van der Waals surface area (Å²) in [5, 5.41) is 9.03. The first-order valence-electron chi connectivity index (χ1n) is 5.72. The Balaban J connectivity index is 3.85. The summed E-state index contributed by atoms with van der Waals surface area (Å²) < 4.78 is 28.0. The lowest BCUT2D eigenvalue weighted by atomic mass is 9.97. The first-order chi connectivity index (χ1) is 8.62. The predicted molar refractivity (Wildman–Crippen MR) is 55.1 cm³/mol. The van der Waals surface area contributed by atoms with Crippen LogP contribution in [0.15, 0.2) is 0 Å². The van der Waals surface area contributed by atoms with Crippen LogP contribution in [0.4, 0.5) is 0 Å². The number of aromatic hydroxyl groups is 2. The molecule has 0 aliphatic heterocycles. The van der Waals surface area contributed by atoms with Gasteiger partial charge < -0.3 is 10.2 Å². The molecule has 2 nitrogen and oxygen atoms in total. The van der Waals surface area contributed by atoms with E-state index in [1.165, 1.54) is 0 Å². The molecule has 0 aliphatic rings. The average Bonchev–Trinajstić information content (AvgIpc) is 2.36. The molecule has 0 unspecified atom stereocenters. The molecule has 0 bridgehead atoms. The van der Waals surface area contributed by atoms with Gasteiger partial charge in [0.05, 0.1) is 11.1 Å². The number of phenols is 2. The summed E-state index contributed by atoms with van der Waals surface area (Å²) in [7, 11) is 0. The van der Waals surface area contributed by atoms with Crippen LogP contribution >= 0.6 is 0 Å². The minimum absolute atomic E-state index is 0.158. The van der Waals surface area contributed by atoms with E-state index in [0.717, 1.165) is 0 Å². The Bertz CT molecular complexity index is 535. The van der Waals surface area contributed by atoms with E-state index < -0.39 is 0 Å². The third kappa shape index (κ3) is 1.18. The van der Waals surface area contributed by atoms with Gasteiger partial charge >= 0.3 is 0 Å². The van der Waals surface area contributed by atoms with Gasteiger partial charge in [0.1, 0.15) is 14.2 Å². The zero-order valence-electron chi connectivity index (χ0n) is 11.8. The fourth-order valence-corrected chi connectivity index (χ4v) is 1.18. The molecule has 0 spiro atoms. The maximum Gasteiger partial charge on any atom is 0.293 e. The Kier molecular flexibility index (Phi) is 1.35. The van der Waals surface area contributed by atoms with Gasteiger partial charge in [-0.1, -0.05) is 11.8 Å². The molecule has 0 saturated heterocycles. The average molecular weight is 190 g/mol. The van der Waals surface area contributed by atoms with E-state index in [2.05, 4.69) is 22.1 Å². The number of terminal acetylenes is 2. The summed E-state index contributed by atoms with van der Waals surface area (Å²) in [6.45, 7) is 3.38. The van der Waals surface area contributed by atoms with Crippen LogP contribution in [-0.2, 0) is 0 Å². The minimum atomic E-state index is 0.158. The van der Waals surface area contributed by atoms with Gasteiger partial charge in [-0.05, 0) is 25.0 Å². The van der Waals surface area contributed by atoms with E-state index in [0.29, 0.717) is 11.1 Å². The van der Waals surface area contributed by atoms with Crippen molar-refractivity contribution < 1.29 is 13.0 Å². The van der Waals surface area contributed by atoms with Crippen molar-refractivity contribution in [2.24, 2.45) is 0 Å². The quantitative estimate of drug-likeness (QED) is 0.550. The van der Waals surface area contributed by atoms with Gasteiger partial charge in [0.25, 0.3) is 2.86 Å². The standard InChI is InChI=1S/C12H10O2/c1-5-9-10(6-2)12(14)8(4)7(3)11(9)13/h1-2,13-14H,3-4H3/i1D,2D/hD2. The van der Waals surface area contributed by atoms with Crippen molar-refractivity contribution in [1.29, 1.82) is 2.86 Å². The van der Waals surface area contributed by atoms with E-state index in [1.54, 1.807) is 13.8 Å². The molecule has 0 saturated carbocycles. The Morgan fingerprint density at radius 3 is 1.79 bits per heavy atom. The van der Waals surface area contributed by atoms with Crippen LogP contribution in [0.3, 0.4) is 0 Å². The molecule has 0 atom stereocenters. The molecule has 0 aliphatic carbocycles. The lowest BCUT2D eigenvalue weighted by molar-refractivity contribution is 0.450. The highest BCUT2D eigenvalue weighted by Crippen LogP contribution is 2.35. The molecular weight excluding hydrogens is 176 g/mol. The summed E-state index contributed by atoms with van der Waals surface area (Å²) in [6.07, 6.45) is 3.89. The smallest absolute Gasteiger partial charge is 0.293 e. The normalized spacial score (nSPS) is 11.6. The van der Waals surface area contributed by atoms with Crippen LogP contribution in [0.1, 0.15) is 25.0 Å². The Morgan fingerprint density at radius 2 is 1.50 bits per heavy atom. The van der Waals surface area contributed by atoms with Gasteiger partial charge in [0, 0.05) is 0 Å². The third-order valence-electron chi connectivity index (χ3n) is 2.20. The van der Waals surface area contributed by atoms with Crippen LogP contribution < -0.4 is 0 Å². The summed E-state index contributed by atoms with van der Waals surface area (Å²) in [5.74, 6) is 5.21. The Labute approximate surface area is 89.0 Å². The number of benzene rings is 1. The monoisotopic (exact) mass is 190 g/mol. The zero-order valence-corrected chi connectivity index (χ0v) is 7.82. The first kappa shape index (κ1) is 5.62. The molecule has 0 amide bonds. The van der Waals surface area contributed by atoms with Crippen molar-refractivity contribution in [1.82, 2.24) is 0 Å². The number of hydrogen-bond donors (Lipinski definition) is 2. The summed E-state index contributed by atoms with van der Waals surface area (Å²) in [6, 6.07) is 0. The SMILES string of the molecule is [2H]C#Cc1c(C#C[2H])c(O[2H])c(C)c(C)c1O[2H]. The predicted octanol–water partition coefficient (Wildman–Crippen LogP) is 1.68. The van der Waals surface area contributed by atoms with Crippen molar-refractivity contribution in [2.75, 3.05) is 0 Å². The molecule has 0 heterocycles. The fourth-order valence-electron chi connectivity index (χ4n) is 1.18. The lowest BCUT2D eigenvalue weighted by Gasteiger charge is -2.11. The van der Waals surface area contributed by atoms with Crippen LogP contribution in [0.25, 0.3) is 0 Å². The number of rotatable bonds is 2. The minimum Gasteiger partial charge on any atom is -0.506 e. The van der Waals surface area contributed by atoms with Gasteiger partial charge in [-0.3, -0.25) is 0 Å². The van der Waals surface area contributed by atoms with Crippen molar-refractivity contribution in [3.8, 4) is 36.1 Å². The lowest BCUT2D eigenvalue weighted by Crippen LogP contribution is -1.93. The molecule has 14 heavy (non-hydrogen) atoms. The van der Waals surface area contributed by atoms with Gasteiger partial charge in [0.2, 0.25) is 0 Å². The van der Waals surface area contributed by atoms with E-state index >= 15 is 0 Å². The van der Waals surface area contributed by atoms with E-state index in [1.807, 2.05) is 12.8 Å². The molecule has 1 rings (SSSR count). The highest BCUT2D eigenvalue weighted by atomic mass is 16.3. The van der Waals surface area contributed by atoms with Crippen LogP contribution in [-0.4, -0.2) is 13.1 Å². The molecule has 2 N–H and O–H groups in total. The molecule has 0 fully saturated rings. The molecule has 1 aromatic carbocycles. The third-order valence-corrected chi connectivity index (χ3v) is 2.20. The van der Waals surface area contributed by atoms with Gasteiger partial charge in [-0.15, -0.1) is 12.8 Å². The topological polar surface area (TPSA) is 40.5 Å². The second-order valence-electron chi connectivity index (χ2n) is 2.91. The highest BCUT2D eigenvalue weighted by molar-refractivity contribution is 5.67. The van der Waals surface area contributed by atoms with Gasteiger partial charge in [0.15, 0.2) is 0 Å². The maximum atomic E-state index is 7.05. The molecule has 70 valence electrons. The maximum absolute atomic E-state index is 7.05. The van der Waals surface area contributed by atoms with Crippen LogP contribution in [0, 0.1) is 38.5 Å². The second kappa shape index (κ2) is 3.36. The molecule has 0 radical (unpaired) electrons.